The van der Waals surface area contributed by atoms with Crippen LogP contribution in [0, 0.1) is 0 Å². The second kappa shape index (κ2) is 3.87. The molecule has 0 aromatic heterocycles. The maximum Gasteiger partial charge on any atom is 0.101 e. The van der Waals surface area contributed by atoms with Crippen molar-refractivity contribution >= 4 is 0 Å². The number of nitrogens with two attached hydrogens (primary N) is 1. The van der Waals surface area contributed by atoms with Gasteiger partial charge in [0.15, 0.2) is 0 Å². The van der Waals surface area contributed by atoms with Gasteiger partial charge in [-0.25, -0.2) is 0 Å². The van der Waals surface area contributed by atoms with Gasteiger partial charge >= 0.3 is 0 Å². The van der Waals surface area contributed by atoms with E-state index in [1.54, 1.807) is 0 Å². The molecule has 0 aromatic carbocycles. The van der Waals surface area contributed by atoms with Gasteiger partial charge in [-0.3, -0.25) is 4.90 Å². The number of nitrogens with one attached hydrogen (secondary N) is 2. The Bertz CT molecular complexity index is 302. The van der Waals surface area contributed by atoms with Crippen molar-refractivity contribution < 1.29 is 0 Å². The molecule has 1 saturated heterocycles. The summed E-state index contributed by atoms with van der Waals surface area (Å²) >= 11 is 0. The minimum atomic E-state index is -0.0164. The molecular formula is C11H20N4. The van der Waals surface area contributed by atoms with Crippen LogP contribution in [0.1, 0.15) is 13.8 Å². The van der Waals surface area contributed by atoms with Gasteiger partial charge < -0.3 is 16.4 Å². The lowest BCUT2D eigenvalue weighted by Crippen LogP contribution is -2.56. The second-order valence-electron chi connectivity index (χ2n) is 4.40. The lowest BCUT2D eigenvalue weighted by Gasteiger charge is -2.44. The first-order chi connectivity index (χ1) is 7.14. The summed E-state index contributed by atoms with van der Waals surface area (Å²) in [5.41, 5.74) is 7.13. The van der Waals surface area contributed by atoms with E-state index in [9.17, 15) is 0 Å². The summed E-state index contributed by atoms with van der Waals surface area (Å²) in [6.07, 6.45) is 4.15. The molecular weight excluding hydrogens is 188 g/mol. The molecule has 0 aliphatic carbocycles. The van der Waals surface area contributed by atoms with E-state index < -0.39 is 0 Å². The number of rotatable bonds is 1. The van der Waals surface area contributed by atoms with Gasteiger partial charge in [0.25, 0.3) is 0 Å². The lowest BCUT2D eigenvalue weighted by atomic mass is 9.88. The largest absolute Gasteiger partial charge is 0.385 e. The van der Waals surface area contributed by atoms with Gasteiger partial charge in [0, 0.05) is 32.4 Å². The molecule has 0 spiro atoms. The molecule has 2 rings (SSSR count). The van der Waals surface area contributed by atoms with E-state index in [1.165, 1.54) is 5.57 Å². The van der Waals surface area contributed by atoms with Crippen molar-refractivity contribution in [3.05, 3.63) is 23.7 Å². The third-order valence-electron chi connectivity index (χ3n) is 3.58. The summed E-state index contributed by atoms with van der Waals surface area (Å²) < 4.78 is 0. The molecule has 0 saturated carbocycles. The quantitative estimate of drug-likeness (QED) is 0.566. The van der Waals surface area contributed by atoms with Crippen molar-refractivity contribution in [2.45, 2.75) is 19.4 Å². The Kier molecular flexibility index (Phi) is 2.71. The molecule has 1 unspecified atom stereocenters. The average Bonchev–Trinajstić information content (AvgIpc) is 2.27. The number of nitrogens with zero attached hydrogens (tertiary/aromatic N) is 1. The van der Waals surface area contributed by atoms with Crippen LogP contribution in [0.3, 0.4) is 0 Å². The third-order valence-corrected chi connectivity index (χ3v) is 3.58. The van der Waals surface area contributed by atoms with Gasteiger partial charge in [0.05, 0.1) is 5.54 Å². The van der Waals surface area contributed by atoms with Crippen LogP contribution in [0.15, 0.2) is 23.7 Å². The van der Waals surface area contributed by atoms with Gasteiger partial charge in [-0.1, -0.05) is 0 Å². The Hall–Kier alpha value is -1.00. The molecule has 4 nitrogen and oxygen atoms in total. The van der Waals surface area contributed by atoms with E-state index in [-0.39, 0.29) is 5.54 Å². The first kappa shape index (κ1) is 10.5. The number of hydrogen-bond acceptors (Lipinski definition) is 4. The summed E-state index contributed by atoms with van der Waals surface area (Å²) in [7, 11) is 0. The highest BCUT2D eigenvalue weighted by Crippen LogP contribution is 2.29. The topological polar surface area (TPSA) is 53.3 Å². The van der Waals surface area contributed by atoms with Crippen molar-refractivity contribution in [2.24, 2.45) is 5.73 Å². The van der Waals surface area contributed by atoms with E-state index in [0.29, 0.717) is 0 Å². The van der Waals surface area contributed by atoms with Gasteiger partial charge in [-0.2, -0.15) is 0 Å². The van der Waals surface area contributed by atoms with E-state index in [0.717, 1.165) is 32.0 Å². The molecule has 2 aliphatic rings. The van der Waals surface area contributed by atoms with Crippen molar-refractivity contribution in [2.75, 3.05) is 26.2 Å². The van der Waals surface area contributed by atoms with Crippen LogP contribution in [0.4, 0.5) is 0 Å². The van der Waals surface area contributed by atoms with Gasteiger partial charge in [-0.05, 0) is 25.5 Å². The summed E-state index contributed by atoms with van der Waals surface area (Å²) in [5, 5.41) is 6.43. The highest BCUT2D eigenvalue weighted by Gasteiger charge is 2.34. The summed E-state index contributed by atoms with van der Waals surface area (Å²) in [6.45, 7) is 8.61. The van der Waals surface area contributed by atoms with Crippen LogP contribution < -0.4 is 16.4 Å². The first-order valence-corrected chi connectivity index (χ1v) is 5.51. The van der Waals surface area contributed by atoms with Crippen LogP contribution in [0.25, 0.3) is 0 Å². The molecule has 0 aromatic rings. The molecule has 0 amide bonds. The van der Waals surface area contributed by atoms with E-state index >= 15 is 0 Å². The SMILES string of the molecule is CC1=C(N)NC=CC1(C)N1CCNCC1. The maximum absolute atomic E-state index is 5.94. The molecule has 2 aliphatic heterocycles. The van der Waals surface area contributed by atoms with E-state index in [4.69, 9.17) is 5.73 Å². The summed E-state index contributed by atoms with van der Waals surface area (Å²) in [4.78, 5) is 2.48. The number of hydrogen-bond donors (Lipinski definition) is 3. The summed E-state index contributed by atoms with van der Waals surface area (Å²) in [6, 6.07) is 0. The average molecular weight is 208 g/mol. The Morgan fingerprint density at radius 3 is 2.73 bits per heavy atom. The van der Waals surface area contributed by atoms with Crippen molar-refractivity contribution in [1.29, 1.82) is 0 Å². The molecule has 1 atom stereocenters. The Labute approximate surface area is 91.2 Å². The molecule has 15 heavy (non-hydrogen) atoms. The highest BCUT2D eigenvalue weighted by molar-refractivity contribution is 5.33. The van der Waals surface area contributed by atoms with Crippen molar-refractivity contribution in [3.8, 4) is 0 Å². The fraction of sp³-hybridized carbons (Fsp3) is 0.636. The maximum atomic E-state index is 5.94. The molecule has 2 heterocycles. The zero-order valence-corrected chi connectivity index (χ0v) is 9.51. The third kappa shape index (κ3) is 1.75. The monoisotopic (exact) mass is 208 g/mol. The fourth-order valence-corrected chi connectivity index (χ4v) is 2.27. The molecule has 0 bridgehead atoms. The van der Waals surface area contributed by atoms with Crippen LogP contribution in [-0.4, -0.2) is 36.6 Å². The number of piperazine rings is 1. The molecule has 4 N–H and O–H groups in total. The van der Waals surface area contributed by atoms with Crippen LogP contribution in [0.5, 0.6) is 0 Å². The normalized spacial score (nSPS) is 32.9. The van der Waals surface area contributed by atoms with E-state index in [1.807, 2.05) is 6.20 Å². The Morgan fingerprint density at radius 2 is 2.07 bits per heavy atom. The molecule has 0 radical (unpaired) electrons. The predicted octanol–water partition coefficient (Wildman–Crippen LogP) is -0.0426. The molecule has 4 heteroatoms. The molecule has 1 fully saturated rings. The zero-order chi connectivity index (χ0) is 10.9. The van der Waals surface area contributed by atoms with E-state index in [2.05, 4.69) is 35.5 Å². The van der Waals surface area contributed by atoms with Crippen LogP contribution in [-0.2, 0) is 0 Å². The summed E-state index contributed by atoms with van der Waals surface area (Å²) in [5.74, 6) is 0.790. The van der Waals surface area contributed by atoms with Gasteiger partial charge in [0.1, 0.15) is 5.82 Å². The van der Waals surface area contributed by atoms with Crippen LogP contribution >= 0.6 is 0 Å². The predicted molar refractivity (Wildman–Crippen MR) is 62.0 cm³/mol. The minimum absolute atomic E-state index is 0.0164. The lowest BCUT2D eigenvalue weighted by molar-refractivity contribution is 0.151. The first-order valence-electron chi connectivity index (χ1n) is 5.51. The molecule has 84 valence electrons. The fourth-order valence-electron chi connectivity index (χ4n) is 2.27. The van der Waals surface area contributed by atoms with Gasteiger partial charge in [-0.15, -0.1) is 0 Å². The standard InChI is InChI=1S/C11H20N4/c1-9-10(12)14-4-3-11(9,2)15-7-5-13-6-8-15/h3-4,13-14H,5-8,12H2,1-2H3. The number of dihydropyridines is 1. The van der Waals surface area contributed by atoms with Crippen molar-refractivity contribution in [3.63, 3.8) is 0 Å². The second-order valence-corrected chi connectivity index (χ2v) is 4.40. The minimum Gasteiger partial charge on any atom is -0.385 e. The van der Waals surface area contributed by atoms with Crippen molar-refractivity contribution in [1.82, 2.24) is 15.5 Å². The van der Waals surface area contributed by atoms with Gasteiger partial charge in [0.2, 0.25) is 0 Å². The highest BCUT2D eigenvalue weighted by atomic mass is 15.2. The smallest absolute Gasteiger partial charge is 0.101 e. The zero-order valence-electron chi connectivity index (χ0n) is 9.51. The van der Waals surface area contributed by atoms with Crippen LogP contribution in [0.2, 0.25) is 0 Å². The Morgan fingerprint density at radius 1 is 1.40 bits per heavy atom. The Balaban J connectivity index is 2.23.